The van der Waals surface area contributed by atoms with Gasteiger partial charge in [-0.15, -0.1) is 0 Å². The third-order valence-electron chi connectivity index (χ3n) is 3.12. The lowest BCUT2D eigenvalue weighted by atomic mass is 10.1. The number of hydrogen-bond acceptors (Lipinski definition) is 2. The van der Waals surface area contributed by atoms with Crippen molar-refractivity contribution in [3.05, 3.63) is 71.0 Å². The van der Waals surface area contributed by atoms with Crippen molar-refractivity contribution in [1.82, 2.24) is 4.90 Å². The van der Waals surface area contributed by atoms with Crippen LogP contribution in [0.5, 0.6) is 0 Å². The van der Waals surface area contributed by atoms with Gasteiger partial charge in [0.05, 0.1) is 0 Å². The molecule has 0 aliphatic rings. The highest BCUT2D eigenvalue weighted by Crippen LogP contribution is 2.10. The van der Waals surface area contributed by atoms with E-state index in [1.807, 2.05) is 12.1 Å². The van der Waals surface area contributed by atoms with Gasteiger partial charge >= 0.3 is 0 Å². The van der Waals surface area contributed by atoms with E-state index in [1.165, 1.54) is 12.1 Å². The first-order valence-electron chi connectivity index (χ1n) is 6.39. The van der Waals surface area contributed by atoms with Crippen LogP contribution in [0.3, 0.4) is 0 Å². The van der Waals surface area contributed by atoms with Gasteiger partial charge in [0.25, 0.3) is 5.91 Å². The number of carbonyl (C=O) groups is 1. The molecule has 0 spiro atoms. The molecule has 0 radical (unpaired) electrons. The number of nitrogens with two attached hydrogens (primary N) is 1. The summed E-state index contributed by atoms with van der Waals surface area (Å²) in [6, 6.07) is 13.4. The summed E-state index contributed by atoms with van der Waals surface area (Å²) in [5.74, 6) is -0.349. The highest BCUT2D eigenvalue weighted by atomic mass is 19.1. The number of halogens is 1. The lowest BCUT2D eigenvalue weighted by molar-refractivity contribution is 0.0785. The summed E-state index contributed by atoms with van der Waals surface area (Å²) >= 11 is 0. The van der Waals surface area contributed by atoms with Gasteiger partial charge in [0.1, 0.15) is 5.82 Å². The fraction of sp³-hybridized carbons (Fsp3) is 0.188. The SMILES string of the molecule is CN(Cc1ccc(F)cc1)C(=O)c1ccc(CN)cc1. The van der Waals surface area contributed by atoms with Crippen LogP contribution < -0.4 is 5.73 Å². The monoisotopic (exact) mass is 272 g/mol. The normalized spacial score (nSPS) is 10.3. The third-order valence-corrected chi connectivity index (χ3v) is 3.12. The summed E-state index contributed by atoms with van der Waals surface area (Å²) in [5, 5.41) is 0. The van der Waals surface area contributed by atoms with Crippen molar-refractivity contribution >= 4 is 5.91 Å². The predicted molar refractivity (Wildman–Crippen MR) is 76.5 cm³/mol. The molecular weight excluding hydrogens is 255 g/mol. The molecule has 0 aliphatic carbocycles. The van der Waals surface area contributed by atoms with Crippen molar-refractivity contribution in [2.24, 2.45) is 5.73 Å². The summed E-state index contributed by atoms with van der Waals surface area (Å²) in [6.07, 6.45) is 0. The van der Waals surface area contributed by atoms with Crippen LogP contribution >= 0.6 is 0 Å². The molecule has 0 saturated heterocycles. The van der Waals surface area contributed by atoms with Crippen LogP contribution in [0.1, 0.15) is 21.5 Å². The van der Waals surface area contributed by atoms with Gasteiger partial charge in [0, 0.05) is 25.7 Å². The van der Waals surface area contributed by atoms with Crippen LogP contribution in [0.4, 0.5) is 4.39 Å². The number of nitrogens with zero attached hydrogens (tertiary/aromatic N) is 1. The van der Waals surface area contributed by atoms with Gasteiger partial charge < -0.3 is 10.6 Å². The number of amides is 1. The average Bonchev–Trinajstić information content (AvgIpc) is 2.49. The Morgan fingerprint density at radius 1 is 1.05 bits per heavy atom. The van der Waals surface area contributed by atoms with Crippen LogP contribution in [0.2, 0.25) is 0 Å². The second kappa shape index (κ2) is 6.30. The molecule has 4 heteroatoms. The number of carbonyl (C=O) groups excluding carboxylic acids is 1. The third kappa shape index (κ3) is 3.42. The van der Waals surface area contributed by atoms with E-state index in [9.17, 15) is 9.18 Å². The molecule has 0 bridgehead atoms. The summed E-state index contributed by atoms with van der Waals surface area (Å²) in [6.45, 7) is 0.900. The molecule has 0 saturated carbocycles. The highest BCUT2D eigenvalue weighted by molar-refractivity contribution is 5.94. The molecule has 0 aliphatic heterocycles. The predicted octanol–water partition coefficient (Wildman–Crippen LogP) is 2.56. The summed E-state index contributed by atoms with van der Waals surface area (Å²) in [7, 11) is 1.72. The summed E-state index contributed by atoms with van der Waals surface area (Å²) in [4.78, 5) is 13.8. The van der Waals surface area contributed by atoms with E-state index in [1.54, 1.807) is 36.2 Å². The molecule has 0 aromatic heterocycles. The van der Waals surface area contributed by atoms with E-state index in [-0.39, 0.29) is 11.7 Å². The van der Waals surface area contributed by atoms with E-state index in [2.05, 4.69) is 0 Å². The second-order valence-electron chi connectivity index (χ2n) is 4.69. The minimum absolute atomic E-state index is 0.0714. The molecule has 2 aromatic rings. The van der Waals surface area contributed by atoms with Gasteiger partial charge in [0.15, 0.2) is 0 Å². The van der Waals surface area contributed by atoms with Gasteiger partial charge in [-0.2, -0.15) is 0 Å². The summed E-state index contributed by atoms with van der Waals surface area (Å²) < 4.78 is 12.8. The second-order valence-corrected chi connectivity index (χ2v) is 4.69. The van der Waals surface area contributed by atoms with Crippen molar-refractivity contribution in [2.75, 3.05) is 7.05 Å². The van der Waals surface area contributed by atoms with Gasteiger partial charge in [-0.3, -0.25) is 4.79 Å². The fourth-order valence-corrected chi connectivity index (χ4v) is 1.94. The quantitative estimate of drug-likeness (QED) is 0.929. The van der Waals surface area contributed by atoms with Crippen molar-refractivity contribution in [2.45, 2.75) is 13.1 Å². The molecule has 0 unspecified atom stereocenters. The molecule has 0 fully saturated rings. The Morgan fingerprint density at radius 3 is 2.15 bits per heavy atom. The van der Waals surface area contributed by atoms with Crippen LogP contribution in [-0.4, -0.2) is 17.9 Å². The highest BCUT2D eigenvalue weighted by Gasteiger charge is 2.11. The first kappa shape index (κ1) is 14.2. The van der Waals surface area contributed by atoms with E-state index >= 15 is 0 Å². The molecule has 20 heavy (non-hydrogen) atoms. The van der Waals surface area contributed by atoms with Crippen LogP contribution in [0, 0.1) is 5.82 Å². The Hall–Kier alpha value is -2.20. The molecule has 1 amide bonds. The standard InChI is InChI=1S/C16H17FN2O/c1-19(11-13-4-8-15(17)9-5-13)16(20)14-6-2-12(10-18)3-7-14/h2-9H,10-11,18H2,1H3. The first-order chi connectivity index (χ1) is 9.60. The zero-order valence-electron chi connectivity index (χ0n) is 11.3. The maximum Gasteiger partial charge on any atom is 0.253 e. The number of benzene rings is 2. The largest absolute Gasteiger partial charge is 0.337 e. The van der Waals surface area contributed by atoms with Crippen LogP contribution in [0.25, 0.3) is 0 Å². The van der Waals surface area contributed by atoms with Crippen LogP contribution in [0.15, 0.2) is 48.5 Å². The van der Waals surface area contributed by atoms with Crippen LogP contribution in [-0.2, 0) is 13.1 Å². The maximum absolute atomic E-state index is 12.8. The Balaban J connectivity index is 2.05. The van der Waals surface area contributed by atoms with E-state index in [0.29, 0.717) is 18.7 Å². The smallest absolute Gasteiger partial charge is 0.253 e. The van der Waals surface area contributed by atoms with E-state index < -0.39 is 0 Å². The molecule has 104 valence electrons. The Kier molecular flexibility index (Phi) is 4.48. The number of hydrogen-bond donors (Lipinski definition) is 1. The molecule has 3 nitrogen and oxygen atoms in total. The van der Waals surface area contributed by atoms with Gasteiger partial charge in [-0.1, -0.05) is 24.3 Å². The molecule has 2 aromatic carbocycles. The topological polar surface area (TPSA) is 46.3 Å². The summed E-state index contributed by atoms with van der Waals surface area (Å²) in [5.41, 5.74) is 8.02. The zero-order valence-corrected chi connectivity index (χ0v) is 11.3. The molecular formula is C16H17FN2O. The Bertz CT molecular complexity index is 578. The van der Waals surface area contributed by atoms with Crippen molar-refractivity contribution in [1.29, 1.82) is 0 Å². The minimum atomic E-state index is -0.278. The molecule has 0 heterocycles. The van der Waals surface area contributed by atoms with E-state index in [4.69, 9.17) is 5.73 Å². The Morgan fingerprint density at radius 2 is 1.60 bits per heavy atom. The fourth-order valence-electron chi connectivity index (χ4n) is 1.94. The van der Waals surface area contributed by atoms with Crippen molar-refractivity contribution in [3.63, 3.8) is 0 Å². The molecule has 0 atom stereocenters. The van der Waals surface area contributed by atoms with Crippen molar-refractivity contribution in [3.8, 4) is 0 Å². The van der Waals surface area contributed by atoms with Crippen molar-refractivity contribution < 1.29 is 9.18 Å². The lowest BCUT2D eigenvalue weighted by Gasteiger charge is -2.17. The molecule has 2 rings (SSSR count). The maximum atomic E-state index is 12.8. The Labute approximate surface area is 117 Å². The number of rotatable bonds is 4. The zero-order chi connectivity index (χ0) is 14.5. The van der Waals surface area contributed by atoms with E-state index in [0.717, 1.165) is 11.1 Å². The minimum Gasteiger partial charge on any atom is -0.337 e. The van der Waals surface area contributed by atoms with Gasteiger partial charge in [0.2, 0.25) is 0 Å². The lowest BCUT2D eigenvalue weighted by Crippen LogP contribution is -2.26. The van der Waals surface area contributed by atoms with Gasteiger partial charge in [-0.05, 0) is 35.4 Å². The molecule has 2 N–H and O–H groups in total. The average molecular weight is 272 g/mol. The first-order valence-corrected chi connectivity index (χ1v) is 6.39. The van der Waals surface area contributed by atoms with Gasteiger partial charge in [-0.25, -0.2) is 4.39 Å².